The number of hydrogen-bond acceptors (Lipinski definition) is 1. The molecule has 1 aromatic carbocycles. The number of halogens is 5. The zero-order chi connectivity index (χ0) is 10.9. The highest BCUT2D eigenvalue weighted by Crippen LogP contribution is 2.36. The Morgan fingerprint density at radius 3 is 2.36 bits per heavy atom. The Balaban J connectivity index is 3.48. The zero-order valence-corrected chi connectivity index (χ0v) is 8.87. The van der Waals surface area contributed by atoms with Crippen molar-refractivity contribution in [3.63, 3.8) is 0 Å². The van der Waals surface area contributed by atoms with Crippen molar-refractivity contribution in [2.75, 3.05) is 0 Å². The van der Waals surface area contributed by atoms with Gasteiger partial charge in [0.05, 0.1) is 5.56 Å². The first-order valence-corrected chi connectivity index (χ1v) is 4.54. The molecule has 0 spiro atoms. The van der Waals surface area contributed by atoms with E-state index in [-0.39, 0.29) is 15.8 Å². The molecule has 0 aliphatic heterocycles. The number of aldehydes is 1. The summed E-state index contributed by atoms with van der Waals surface area (Å²) in [7, 11) is 0. The van der Waals surface area contributed by atoms with Gasteiger partial charge < -0.3 is 0 Å². The van der Waals surface area contributed by atoms with Crippen LogP contribution in [0, 0.1) is 0 Å². The number of carbonyl (C=O) groups excluding carboxylic acids is 1. The Morgan fingerprint density at radius 1 is 1.36 bits per heavy atom. The summed E-state index contributed by atoms with van der Waals surface area (Å²) in [4.78, 5) is 10.4. The molecular formula is C8H3BrClF3O. The van der Waals surface area contributed by atoms with Crippen molar-refractivity contribution in [1.82, 2.24) is 0 Å². The minimum atomic E-state index is -4.58. The van der Waals surface area contributed by atoms with Gasteiger partial charge in [-0.2, -0.15) is 13.2 Å². The normalized spacial score (nSPS) is 11.5. The fourth-order valence-electron chi connectivity index (χ4n) is 0.939. The van der Waals surface area contributed by atoms with Crippen LogP contribution in [0.4, 0.5) is 13.2 Å². The number of alkyl halides is 3. The van der Waals surface area contributed by atoms with Gasteiger partial charge in [0.25, 0.3) is 0 Å². The molecule has 0 N–H and O–H groups in total. The lowest BCUT2D eigenvalue weighted by molar-refractivity contribution is -0.137. The minimum absolute atomic E-state index is 0.0346. The Bertz CT molecular complexity index is 376. The third-order valence-electron chi connectivity index (χ3n) is 1.52. The fraction of sp³-hybridized carbons (Fsp3) is 0.125. The van der Waals surface area contributed by atoms with Crippen molar-refractivity contribution < 1.29 is 18.0 Å². The second-order valence-corrected chi connectivity index (χ2v) is 3.76. The molecular weight excluding hydrogens is 284 g/mol. The van der Waals surface area contributed by atoms with E-state index in [9.17, 15) is 18.0 Å². The van der Waals surface area contributed by atoms with Crippen molar-refractivity contribution in [1.29, 1.82) is 0 Å². The molecule has 0 aliphatic rings. The van der Waals surface area contributed by atoms with E-state index in [0.717, 1.165) is 6.07 Å². The summed E-state index contributed by atoms with van der Waals surface area (Å²) in [5.74, 6) is 0. The lowest BCUT2D eigenvalue weighted by Gasteiger charge is -2.10. The molecule has 14 heavy (non-hydrogen) atoms. The van der Waals surface area contributed by atoms with E-state index in [1.54, 1.807) is 0 Å². The summed E-state index contributed by atoms with van der Waals surface area (Å²) < 4.78 is 37.1. The molecule has 0 atom stereocenters. The summed E-state index contributed by atoms with van der Waals surface area (Å²) in [6.45, 7) is 0. The average molecular weight is 287 g/mol. The lowest BCUT2D eigenvalue weighted by atomic mass is 10.1. The predicted molar refractivity (Wildman–Crippen MR) is 49.5 cm³/mol. The quantitative estimate of drug-likeness (QED) is 0.715. The minimum Gasteiger partial charge on any atom is -0.298 e. The molecule has 6 heteroatoms. The number of rotatable bonds is 1. The highest BCUT2D eigenvalue weighted by molar-refractivity contribution is 9.10. The lowest BCUT2D eigenvalue weighted by Crippen LogP contribution is -2.09. The van der Waals surface area contributed by atoms with Gasteiger partial charge in [0.1, 0.15) is 0 Å². The summed E-state index contributed by atoms with van der Waals surface area (Å²) in [6, 6.07) is 1.95. The molecule has 0 unspecified atom stereocenters. The van der Waals surface area contributed by atoms with Gasteiger partial charge in [-0.3, -0.25) is 4.79 Å². The molecule has 0 amide bonds. The molecule has 1 rings (SSSR count). The summed E-state index contributed by atoms with van der Waals surface area (Å²) in [5, 5.41) is -0.0743. The molecule has 0 radical (unpaired) electrons. The van der Waals surface area contributed by atoms with Crippen LogP contribution in [0.2, 0.25) is 5.02 Å². The smallest absolute Gasteiger partial charge is 0.298 e. The van der Waals surface area contributed by atoms with Crippen molar-refractivity contribution in [2.24, 2.45) is 0 Å². The summed E-state index contributed by atoms with van der Waals surface area (Å²) in [6.07, 6.45) is -4.44. The van der Waals surface area contributed by atoms with Crippen LogP contribution in [0.15, 0.2) is 16.6 Å². The standard InChI is InChI=1S/C8H3BrClF3O/c9-7-2-4(10)1-6(5(7)3-14)8(11,12)13/h1-3H. The van der Waals surface area contributed by atoms with Gasteiger partial charge in [0.2, 0.25) is 0 Å². The largest absolute Gasteiger partial charge is 0.417 e. The monoisotopic (exact) mass is 286 g/mol. The van der Waals surface area contributed by atoms with E-state index in [1.165, 1.54) is 6.07 Å². The van der Waals surface area contributed by atoms with Crippen LogP contribution in [0.5, 0.6) is 0 Å². The van der Waals surface area contributed by atoms with Crippen LogP contribution in [-0.2, 0) is 6.18 Å². The maximum atomic E-state index is 12.4. The SMILES string of the molecule is O=Cc1c(Br)cc(Cl)cc1C(F)(F)F. The Kier molecular flexibility index (Phi) is 3.21. The number of benzene rings is 1. The van der Waals surface area contributed by atoms with Crippen LogP contribution in [-0.4, -0.2) is 6.29 Å². The van der Waals surface area contributed by atoms with Crippen LogP contribution < -0.4 is 0 Å². The van der Waals surface area contributed by atoms with Gasteiger partial charge >= 0.3 is 6.18 Å². The van der Waals surface area contributed by atoms with Crippen LogP contribution in [0.3, 0.4) is 0 Å². The molecule has 0 bridgehead atoms. The van der Waals surface area contributed by atoms with Gasteiger partial charge in [-0.05, 0) is 28.1 Å². The first-order valence-electron chi connectivity index (χ1n) is 3.37. The number of hydrogen-bond donors (Lipinski definition) is 0. The van der Waals surface area contributed by atoms with Gasteiger partial charge in [-0.15, -0.1) is 0 Å². The third kappa shape index (κ3) is 2.27. The van der Waals surface area contributed by atoms with E-state index < -0.39 is 17.3 Å². The highest BCUT2D eigenvalue weighted by Gasteiger charge is 2.34. The van der Waals surface area contributed by atoms with Gasteiger partial charge in [-0.1, -0.05) is 11.6 Å². The summed E-state index contributed by atoms with van der Waals surface area (Å²) in [5.41, 5.74) is -1.48. The maximum absolute atomic E-state index is 12.4. The van der Waals surface area contributed by atoms with E-state index >= 15 is 0 Å². The summed E-state index contributed by atoms with van der Waals surface area (Å²) >= 11 is 8.27. The highest BCUT2D eigenvalue weighted by atomic mass is 79.9. The second kappa shape index (κ2) is 3.90. The Hall–Kier alpha value is -0.550. The first kappa shape index (κ1) is 11.5. The maximum Gasteiger partial charge on any atom is 0.417 e. The van der Waals surface area contributed by atoms with Crippen molar-refractivity contribution in [3.05, 3.63) is 32.8 Å². The predicted octanol–water partition coefficient (Wildman–Crippen LogP) is 3.93. The van der Waals surface area contributed by atoms with Gasteiger partial charge in [0, 0.05) is 15.1 Å². The van der Waals surface area contributed by atoms with Gasteiger partial charge in [-0.25, -0.2) is 0 Å². The fourth-order valence-corrected chi connectivity index (χ4v) is 1.84. The second-order valence-electron chi connectivity index (χ2n) is 2.46. The third-order valence-corrected chi connectivity index (χ3v) is 2.39. The van der Waals surface area contributed by atoms with Crippen molar-refractivity contribution in [3.8, 4) is 0 Å². The van der Waals surface area contributed by atoms with Crippen LogP contribution in [0.25, 0.3) is 0 Å². The molecule has 0 aromatic heterocycles. The van der Waals surface area contributed by atoms with Crippen LogP contribution >= 0.6 is 27.5 Å². The Morgan fingerprint density at radius 2 is 1.93 bits per heavy atom. The van der Waals surface area contributed by atoms with E-state index in [2.05, 4.69) is 15.9 Å². The molecule has 0 saturated heterocycles. The van der Waals surface area contributed by atoms with Crippen molar-refractivity contribution >= 4 is 33.8 Å². The molecule has 76 valence electrons. The molecule has 0 fully saturated rings. The topological polar surface area (TPSA) is 17.1 Å². The zero-order valence-electron chi connectivity index (χ0n) is 6.53. The first-order chi connectivity index (χ1) is 6.36. The van der Waals surface area contributed by atoms with Gasteiger partial charge in [0.15, 0.2) is 6.29 Å². The molecule has 0 aliphatic carbocycles. The molecule has 0 saturated carbocycles. The molecule has 1 aromatic rings. The Labute approximate surface area is 91.0 Å². The van der Waals surface area contributed by atoms with E-state index in [0.29, 0.717) is 0 Å². The molecule has 1 nitrogen and oxygen atoms in total. The van der Waals surface area contributed by atoms with Crippen LogP contribution in [0.1, 0.15) is 15.9 Å². The van der Waals surface area contributed by atoms with E-state index in [4.69, 9.17) is 11.6 Å². The number of carbonyl (C=O) groups is 1. The molecule has 0 heterocycles. The van der Waals surface area contributed by atoms with Crippen molar-refractivity contribution in [2.45, 2.75) is 6.18 Å². The average Bonchev–Trinajstić information content (AvgIpc) is 2.01. The van der Waals surface area contributed by atoms with E-state index in [1.807, 2.05) is 0 Å².